The van der Waals surface area contributed by atoms with Crippen molar-refractivity contribution in [1.29, 1.82) is 0 Å². The van der Waals surface area contributed by atoms with Crippen molar-refractivity contribution in [3.63, 3.8) is 0 Å². The summed E-state index contributed by atoms with van der Waals surface area (Å²) in [5, 5.41) is 0. The minimum Gasteiger partial charge on any atom is -0.460 e. The Bertz CT molecular complexity index is 207. The van der Waals surface area contributed by atoms with E-state index in [2.05, 4.69) is 4.90 Å². The quantitative estimate of drug-likeness (QED) is 0.692. The molecule has 0 aromatic heterocycles. The van der Waals surface area contributed by atoms with Crippen molar-refractivity contribution in [3.8, 4) is 0 Å². The molecule has 0 saturated carbocycles. The Labute approximate surface area is 96.5 Å². The molecule has 1 aliphatic rings. The lowest BCUT2D eigenvalue weighted by molar-refractivity contribution is -0.155. The molecule has 0 bridgehead atoms. The molecular weight excluding hydrogens is 210 g/mol. The van der Waals surface area contributed by atoms with Gasteiger partial charge in [-0.25, -0.2) is 0 Å². The summed E-state index contributed by atoms with van der Waals surface area (Å²) in [6.45, 7) is 8.77. The first-order chi connectivity index (χ1) is 6.97. The lowest BCUT2D eigenvalue weighted by Crippen LogP contribution is -2.35. The smallest absolute Gasteiger partial charge is 0.307 e. The van der Waals surface area contributed by atoms with Crippen LogP contribution in [0.15, 0.2) is 0 Å². The minimum atomic E-state index is -0.352. The molecule has 4 heteroatoms. The van der Waals surface area contributed by atoms with Gasteiger partial charge in [0.2, 0.25) is 0 Å². The Hall–Kier alpha value is -0.220. The highest BCUT2D eigenvalue weighted by Crippen LogP contribution is 2.11. The van der Waals surface area contributed by atoms with Crippen LogP contribution in [0.3, 0.4) is 0 Å². The molecule has 0 amide bonds. The lowest BCUT2D eigenvalue weighted by Gasteiger charge is -2.26. The summed E-state index contributed by atoms with van der Waals surface area (Å²) in [6, 6.07) is 0. The van der Waals surface area contributed by atoms with E-state index in [0.717, 1.165) is 19.6 Å². The van der Waals surface area contributed by atoms with Crippen molar-refractivity contribution in [2.24, 2.45) is 0 Å². The third-order valence-electron chi connectivity index (χ3n) is 2.16. The van der Waals surface area contributed by atoms with Crippen LogP contribution in [0.1, 0.15) is 27.2 Å². The van der Waals surface area contributed by atoms with E-state index in [-0.39, 0.29) is 11.6 Å². The van der Waals surface area contributed by atoms with Gasteiger partial charge in [0.05, 0.1) is 6.42 Å². The number of hydrogen-bond acceptors (Lipinski definition) is 4. The molecule has 15 heavy (non-hydrogen) atoms. The summed E-state index contributed by atoms with van der Waals surface area (Å²) in [4.78, 5) is 13.8. The van der Waals surface area contributed by atoms with Gasteiger partial charge in [-0.1, -0.05) is 0 Å². The lowest BCUT2D eigenvalue weighted by atomic mass is 10.2. The fourth-order valence-electron chi connectivity index (χ4n) is 1.47. The van der Waals surface area contributed by atoms with Gasteiger partial charge >= 0.3 is 5.97 Å². The molecule has 1 aliphatic heterocycles. The number of thioether (sulfide) groups is 1. The summed E-state index contributed by atoms with van der Waals surface area (Å²) < 4.78 is 5.26. The molecule has 0 aliphatic carbocycles. The SMILES string of the molecule is CC(C)(C)OC(=O)CCN1CCSCC1. The molecule has 0 aromatic rings. The second kappa shape index (κ2) is 5.75. The fourth-order valence-corrected chi connectivity index (χ4v) is 2.45. The number of carbonyl (C=O) groups excluding carboxylic acids is 1. The molecule has 1 saturated heterocycles. The zero-order valence-corrected chi connectivity index (χ0v) is 10.7. The minimum absolute atomic E-state index is 0.0827. The molecule has 1 rings (SSSR count). The highest BCUT2D eigenvalue weighted by molar-refractivity contribution is 7.99. The van der Waals surface area contributed by atoms with E-state index in [9.17, 15) is 4.79 Å². The van der Waals surface area contributed by atoms with E-state index in [1.807, 2.05) is 32.5 Å². The molecule has 0 aromatic carbocycles. The molecule has 88 valence electrons. The largest absolute Gasteiger partial charge is 0.460 e. The van der Waals surface area contributed by atoms with E-state index in [0.29, 0.717) is 6.42 Å². The maximum atomic E-state index is 11.4. The second-order valence-corrected chi connectivity index (χ2v) is 6.02. The summed E-state index contributed by atoms with van der Waals surface area (Å²) in [7, 11) is 0. The number of ether oxygens (including phenoxy) is 1. The van der Waals surface area contributed by atoms with Gasteiger partial charge in [0.1, 0.15) is 5.60 Å². The molecule has 1 heterocycles. The Morgan fingerprint density at radius 1 is 1.33 bits per heavy atom. The first-order valence-electron chi connectivity index (χ1n) is 5.49. The van der Waals surface area contributed by atoms with Crippen LogP contribution in [0.2, 0.25) is 0 Å². The number of carbonyl (C=O) groups is 1. The van der Waals surface area contributed by atoms with Crippen LogP contribution < -0.4 is 0 Å². The van der Waals surface area contributed by atoms with Crippen molar-refractivity contribution in [3.05, 3.63) is 0 Å². The third-order valence-corrected chi connectivity index (χ3v) is 3.10. The van der Waals surface area contributed by atoms with Crippen LogP contribution in [0, 0.1) is 0 Å². The Balaban J connectivity index is 2.15. The highest BCUT2D eigenvalue weighted by Gasteiger charge is 2.17. The molecular formula is C11H21NO2S. The first kappa shape index (κ1) is 12.8. The Morgan fingerprint density at radius 3 is 2.47 bits per heavy atom. The van der Waals surface area contributed by atoms with Crippen molar-refractivity contribution in [2.45, 2.75) is 32.8 Å². The maximum Gasteiger partial charge on any atom is 0.307 e. The van der Waals surface area contributed by atoms with Crippen molar-refractivity contribution in [1.82, 2.24) is 4.90 Å². The Kier molecular flexibility index (Phi) is 4.93. The Morgan fingerprint density at radius 2 is 1.93 bits per heavy atom. The predicted octanol–water partition coefficient (Wildman–Crippen LogP) is 1.77. The number of rotatable bonds is 3. The van der Waals surface area contributed by atoms with Gasteiger partial charge in [0, 0.05) is 31.1 Å². The zero-order valence-electron chi connectivity index (χ0n) is 9.91. The van der Waals surface area contributed by atoms with Crippen LogP contribution in [-0.2, 0) is 9.53 Å². The average Bonchev–Trinajstić information content (AvgIpc) is 2.14. The monoisotopic (exact) mass is 231 g/mol. The van der Waals surface area contributed by atoms with Gasteiger partial charge in [-0.05, 0) is 20.8 Å². The van der Waals surface area contributed by atoms with Crippen molar-refractivity contribution in [2.75, 3.05) is 31.1 Å². The normalized spacial score (nSPS) is 18.9. The van der Waals surface area contributed by atoms with E-state index in [1.54, 1.807) is 0 Å². The maximum absolute atomic E-state index is 11.4. The molecule has 0 N–H and O–H groups in total. The average molecular weight is 231 g/mol. The van der Waals surface area contributed by atoms with E-state index in [4.69, 9.17) is 4.74 Å². The van der Waals surface area contributed by atoms with Gasteiger partial charge in [0.25, 0.3) is 0 Å². The third kappa shape index (κ3) is 6.05. The summed E-state index contributed by atoms with van der Waals surface area (Å²) in [5.74, 6) is 2.29. The van der Waals surface area contributed by atoms with Crippen molar-refractivity contribution >= 4 is 17.7 Å². The van der Waals surface area contributed by atoms with Crippen LogP contribution in [0.5, 0.6) is 0 Å². The zero-order chi connectivity index (χ0) is 11.3. The summed E-state index contributed by atoms with van der Waals surface area (Å²) >= 11 is 1.99. The first-order valence-corrected chi connectivity index (χ1v) is 6.65. The van der Waals surface area contributed by atoms with E-state index in [1.165, 1.54) is 11.5 Å². The molecule has 3 nitrogen and oxygen atoms in total. The molecule has 0 spiro atoms. The van der Waals surface area contributed by atoms with Crippen LogP contribution in [0.25, 0.3) is 0 Å². The fraction of sp³-hybridized carbons (Fsp3) is 0.909. The van der Waals surface area contributed by atoms with Gasteiger partial charge < -0.3 is 9.64 Å². The molecule has 0 atom stereocenters. The summed E-state index contributed by atoms with van der Waals surface area (Å²) in [5.41, 5.74) is -0.352. The standard InChI is InChI=1S/C11H21NO2S/c1-11(2,3)14-10(13)4-5-12-6-8-15-9-7-12/h4-9H2,1-3H3. The molecule has 1 fully saturated rings. The number of nitrogens with zero attached hydrogens (tertiary/aromatic N) is 1. The van der Waals surface area contributed by atoms with Gasteiger partial charge in [-0.15, -0.1) is 0 Å². The second-order valence-electron chi connectivity index (χ2n) is 4.79. The summed E-state index contributed by atoms with van der Waals surface area (Å²) in [6.07, 6.45) is 0.516. The molecule has 0 unspecified atom stereocenters. The molecule has 0 radical (unpaired) electrons. The van der Waals surface area contributed by atoms with Crippen LogP contribution >= 0.6 is 11.8 Å². The van der Waals surface area contributed by atoms with E-state index >= 15 is 0 Å². The van der Waals surface area contributed by atoms with Gasteiger partial charge in [-0.2, -0.15) is 11.8 Å². The topological polar surface area (TPSA) is 29.5 Å². The van der Waals surface area contributed by atoms with Crippen LogP contribution in [-0.4, -0.2) is 47.6 Å². The van der Waals surface area contributed by atoms with Crippen LogP contribution in [0.4, 0.5) is 0 Å². The predicted molar refractivity (Wildman–Crippen MR) is 64.2 cm³/mol. The van der Waals surface area contributed by atoms with Gasteiger partial charge in [-0.3, -0.25) is 4.79 Å². The van der Waals surface area contributed by atoms with Crippen molar-refractivity contribution < 1.29 is 9.53 Å². The number of hydrogen-bond donors (Lipinski definition) is 0. The van der Waals surface area contributed by atoms with E-state index < -0.39 is 0 Å². The number of esters is 1. The van der Waals surface area contributed by atoms with Gasteiger partial charge in [0.15, 0.2) is 0 Å². The highest BCUT2D eigenvalue weighted by atomic mass is 32.2.